The second kappa shape index (κ2) is 10.5. The summed E-state index contributed by atoms with van der Waals surface area (Å²) in [4.78, 5) is 47.1. The first-order valence-corrected chi connectivity index (χ1v) is 16.0. The van der Waals surface area contributed by atoms with Crippen molar-refractivity contribution in [3.8, 4) is 0 Å². The Morgan fingerprint density at radius 2 is 0.870 bits per heavy atom. The van der Waals surface area contributed by atoms with Crippen LogP contribution in [0.3, 0.4) is 0 Å². The third kappa shape index (κ3) is 3.66. The fraction of sp³-hybridized carbons (Fsp3) is 0.103. The van der Waals surface area contributed by atoms with Gasteiger partial charge in [-0.2, -0.15) is 0 Å². The fourth-order valence-electron chi connectivity index (χ4n) is 8.23. The highest BCUT2D eigenvalue weighted by atomic mass is 35.5. The number of benzene rings is 5. The zero-order valence-corrected chi connectivity index (χ0v) is 26.4. The number of hydrogen-bond acceptors (Lipinski definition) is 3. The number of carbonyl (C=O) groups is 3. The summed E-state index contributed by atoms with van der Waals surface area (Å²) in [6.45, 7) is 0. The maximum absolute atomic E-state index is 15.9. The Hall–Kier alpha value is -4.48. The van der Waals surface area contributed by atoms with Crippen molar-refractivity contribution < 1.29 is 14.4 Å². The monoisotopic (exact) mass is 659 g/mol. The molecule has 2 aliphatic carbocycles. The standard InChI is InChI=1S/C39H24Cl3NO3/c40-27-19-15-25(16-20-27)38-31(23-9-3-1-4-10-23)32(24-11-5-2-6-12-24)39(37(38)46,26-17-21-28(41)22-18-26)34-33(38)35(44)43(36(34)45)30-14-8-7-13-29(30)42/h1-22,33-34H/t33-,34+,38-,39-/m0/s1. The molecule has 2 fully saturated rings. The smallest absolute Gasteiger partial charge is 0.239 e. The lowest BCUT2D eigenvalue weighted by molar-refractivity contribution is -0.130. The quantitative estimate of drug-likeness (QED) is 0.177. The molecule has 5 aromatic rings. The van der Waals surface area contributed by atoms with E-state index in [2.05, 4.69) is 0 Å². The Kier molecular flexibility index (Phi) is 6.63. The van der Waals surface area contributed by atoms with Crippen molar-refractivity contribution in [3.63, 3.8) is 0 Å². The van der Waals surface area contributed by atoms with Crippen LogP contribution in [0, 0.1) is 11.8 Å². The minimum absolute atomic E-state index is 0.224. The van der Waals surface area contributed by atoms with Crippen molar-refractivity contribution in [1.82, 2.24) is 0 Å². The van der Waals surface area contributed by atoms with Gasteiger partial charge in [-0.1, -0.05) is 132 Å². The molecule has 0 unspecified atom stereocenters. The lowest BCUT2D eigenvalue weighted by Gasteiger charge is -2.39. The van der Waals surface area contributed by atoms with Crippen molar-refractivity contribution in [1.29, 1.82) is 0 Å². The van der Waals surface area contributed by atoms with E-state index >= 15 is 14.4 Å². The van der Waals surface area contributed by atoms with Crippen molar-refractivity contribution in [2.75, 3.05) is 4.90 Å². The van der Waals surface area contributed by atoms with Gasteiger partial charge in [-0.25, -0.2) is 4.90 Å². The molecule has 1 heterocycles. The molecule has 8 rings (SSSR count). The molecule has 2 bridgehead atoms. The highest BCUT2D eigenvalue weighted by Crippen LogP contribution is 2.74. The molecule has 0 spiro atoms. The van der Waals surface area contributed by atoms with Crippen LogP contribution >= 0.6 is 34.8 Å². The summed E-state index contributed by atoms with van der Waals surface area (Å²) in [6.07, 6.45) is 0. The maximum Gasteiger partial charge on any atom is 0.239 e. The van der Waals surface area contributed by atoms with Crippen molar-refractivity contribution in [3.05, 3.63) is 171 Å². The van der Waals surface area contributed by atoms with E-state index in [1.165, 1.54) is 4.90 Å². The molecular formula is C39H24Cl3NO3. The van der Waals surface area contributed by atoms with Gasteiger partial charge in [0.15, 0.2) is 5.78 Å². The van der Waals surface area contributed by atoms with Gasteiger partial charge in [0, 0.05) is 10.0 Å². The SMILES string of the molecule is O=C1[C@@H]2[C@H](C(=O)N1c1ccccc1Cl)[C@@]1(c3ccc(Cl)cc3)C(=O)[C@@]2(c2ccc(Cl)cc2)C(c2ccccc2)=C1c1ccccc1. The van der Waals surface area contributed by atoms with Crippen LogP contribution in [0.2, 0.25) is 15.1 Å². The average molecular weight is 661 g/mol. The summed E-state index contributed by atoms with van der Waals surface area (Å²) in [7, 11) is 0. The number of anilines is 1. The topological polar surface area (TPSA) is 54.5 Å². The Labute approximate surface area is 280 Å². The number of allylic oxidation sites excluding steroid dienone is 2. The molecule has 0 N–H and O–H groups in total. The second-order valence-corrected chi connectivity index (χ2v) is 13.1. The Morgan fingerprint density at radius 3 is 1.28 bits per heavy atom. The molecule has 1 aliphatic heterocycles. The maximum atomic E-state index is 15.9. The van der Waals surface area contributed by atoms with Crippen LogP contribution in [-0.4, -0.2) is 17.6 Å². The van der Waals surface area contributed by atoms with Crippen LogP contribution in [0.5, 0.6) is 0 Å². The Bertz CT molecular complexity index is 1970. The number of nitrogens with zero attached hydrogens (tertiary/aromatic N) is 1. The summed E-state index contributed by atoms with van der Waals surface area (Å²) < 4.78 is 0. The van der Waals surface area contributed by atoms with Gasteiger partial charge in [-0.05, 0) is 69.8 Å². The van der Waals surface area contributed by atoms with E-state index in [-0.39, 0.29) is 10.8 Å². The number of para-hydroxylation sites is 1. The summed E-state index contributed by atoms with van der Waals surface area (Å²) in [5.41, 5.74) is 1.38. The molecule has 4 nitrogen and oxygen atoms in total. The number of fused-ring (bicyclic) bond motifs is 5. The molecule has 224 valence electrons. The molecule has 1 saturated heterocycles. The number of ketones is 1. The molecule has 4 atom stereocenters. The van der Waals surface area contributed by atoms with Crippen LogP contribution < -0.4 is 4.90 Å². The molecule has 5 aromatic carbocycles. The number of rotatable bonds is 5. The molecule has 7 heteroatoms. The van der Waals surface area contributed by atoms with Crippen LogP contribution in [0.4, 0.5) is 5.69 Å². The van der Waals surface area contributed by atoms with Gasteiger partial charge < -0.3 is 0 Å². The van der Waals surface area contributed by atoms with Gasteiger partial charge in [0.2, 0.25) is 11.8 Å². The van der Waals surface area contributed by atoms with Gasteiger partial charge in [0.25, 0.3) is 0 Å². The molecule has 0 radical (unpaired) electrons. The minimum atomic E-state index is -1.54. The largest absolute Gasteiger partial charge is 0.297 e. The van der Waals surface area contributed by atoms with Crippen molar-refractivity contribution in [2.45, 2.75) is 10.8 Å². The average Bonchev–Trinajstić information content (AvgIpc) is 3.58. The Morgan fingerprint density at radius 1 is 0.478 bits per heavy atom. The molecule has 2 amide bonds. The number of halogens is 3. The number of imide groups is 1. The predicted octanol–water partition coefficient (Wildman–Crippen LogP) is 8.84. The summed E-state index contributed by atoms with van der Waals surface area (Å²) in [6, 6.07) is 40.3. The van der Waals surface area contributed by atoms with Gasteiger partial charge in [-0.15, -0.1) is 0 Å². The van der Waals surface area contributed by atoms with Crippen LogP contribution in [0.1, 0.15) is 22.3 Å². The second-order valence-electron chi connectivity index (χ2n) is 11.9. The van der Waals surface area contributed by atoms with E-state index in [9.17, 15) is 0 Å². The van der Waals surface area contributed by atoms with E-state index in [4.69, 9.17) is 34.8 Å². The van der Waals surface area contributed by atoms with Crippen LogP contribution in [0.25, 0.3) is 11.1 Å². The molecule has 46 heavy (non-hydrogen) atoms. The van der Waals surface area contributed by atoms with E-state index in [0.717, 1.165) is 11.1 Å². The van der Waals surface area contributed by atoms with E-state index in [1.807, 2.05) is 84.9 Å². The van der Waals surface area contributed by atoms with E-state index < -0.39 is 34.5 Å². The van der Waals surface area contributed by atoms with Gasteiger partial charge >= 0.3 is 0 Å². The number of Topliss-reactive ketones (excluding diaryl/α,β-unsaturated/α-hetero) is 1. The molecular weight excluding hydrogens is 637 g/mol. The summed E-state index contributed by atoms with van der Waals surface area (Å²) in [5.74, 6) is -3.30. The van der Waals surface area contributed by atoms with Crippen molar-refractivity contribution in [2.24, 2.45) is 11.8 Å². The molecule has 3 aliphatic rings. The normalized spacial score (nSPS) is 25.0. The van der Waals surface area contributed by atoms with E-state index in [0.29, 0.717) is 38.0 Å². The lowest BCUT2D eigenvalue weighted by Crippen LogP contribution is -2.45. The highest BCUT2D eigenvalue weighted by Gasteiger charge is 2.82. The van der Waals surface area contributed by atoms with Gasteiger partial charge in [0.1, 0.15) is 0 Å². The van der Waals surface area contributed by atoms with Crippen molar-refractivity contribution >= 4 is 69.2 Å². The zero-order valence-electron chi connectivity index (χ0n) is 24.2. The first-order chi connectivity index (χ1) is 22.3. The van der Waals surface area contributed by atoms with Gasteiger partial charge in [0.05, 0.1) is 33.4 Å². The lowest BCUT2D eigenvalue weighted by atomic mass is 9.59. The number of carbonyl (C=O) groups excluding carboxylic acids is 3. The summed E-state index contributed by atoms with van der Waals surface area (Å²) in [5, 5.41) is 1.25. The first-order valence-electron chi connectivity index (χ1n) is 14.9. The molecule has 0 aromatic heterocycles. The van der Waals surface area contributed by atoms with Crippen LogP contribution in [0.15, 0.2) is 133 Å². The predicted molar refractivity (Wildman–Crippen MR) is 182 cm³/mol. The fourth-order valence-corrected chi connectivity index (χ4v) is 8.70. The van der Waals surface area contributed by atoms with Gasteiger partial charge in [-0.3, -0.25) is 14.4 Å². The minimum Gasteiger partial charge on any atom is -0.297 e. The third-order valence-electron chi connectivity index (χ3n) is 9.81. The number of hydrogen-bond donors (Lipinski definition) is 0. The highest BCUT2D eigenvalue weighted by molar-refractivity contribution is 6.41. The summed E-state index contributed by atoms with van der Waals surface area (Å²) >= 11 is 19.4. The first kappa shape index (κ1) is 29.0. The molecule has 1 saturated carbocycles. The third-order valence-corrected chi connectivity index (χ3v) is 10.6. The number of amides is 2. The van der Waals surface area contributed by atoms with E-state index in [1.54, 1.807) is 48.5 Å². The van der Waals surface area contributed by atoms with Crippen LogP contribution in [-0.2, 0) is 25.2 Å². The Balaban J connectivity index is 1.57. The zero-order chi connectivity index (χ0) is 31.8.